The lowest BCUT2D eigenvalue weighted by atomic mass is 9.80. The summed E-state index contributed by atoms with van der Waals surface area (Å²) in [4.78, 5) is 35.8. The summed E-state index contributed by atoms with van der Waals surface area (Å²) in [6, 6.07) is 2.36. The third-order valence-electron chi connectivity index (χ3n) is 5.88. The number of hydrogen-bond acceptors (Lipinski definition) is 4. The Morgan fingerprint density at radius 1 is 0.765 bits per heavy atom. The molecule has 0 saturated heterocycles. The molecule has 0 spiro atoms. The van der Waals surface area contributed by atoms with Crippen molar-refractivity contribution in [2.24, 2.45) is 23.7 Å². The van der Waals surface area contributed by atoms with Gasteiger partial charge in [-0.05, 0) is 77.2 Å². The van der Waals surface area contributed by atoms with E-state index >= 15 is 0 Å². The van der Waals surface area contributed by atoms with Gasteiger partial charge in [0, 0.05) is 11.6 Å². The lowest BCUT2D eigenvalue weighted by Gasteiger charge is -2.26. The third-order valence-corrected chi connectivity index (χ3v) is 5.88. The zero-order valence-electron chi connectivity index (χ0n) is 22.3. The van der Waals surface area contributed by atoms with Crippen LogP contribution in [0.15, 0.2) is 17.7 Å². The molecule has 0 aromatic heterocycles. The molecule has 1 aromatic rings. The molecule has 1 N–H and O–H groups in total. The second-order valence-corrected chi connectivity index (χ2v) is 11.3. The van der Waals surface area contributed by atoms with Crippen LogP contribution in [0, 0.1) is 23.7 Å². The zero-order chi connectivity index (χ0) is 25.6. The minimum Gasteiger partial charge on any atom is -0.461 e. The topological polar surface area (TPSA) is 72.5 Å². The Morgan fingerprint density at radius 2 is 1.26 bits per heavy atom. The van der Waals surface area contributed by atoms with Gasteiger partial charge in [0.25, 0.3) is 11.8 Å². The highest BCUT2D eigenvalue weighted by atomic mass is 16.5. The first-order chi connectivity index (χ1) is 15.9. The van der Waals surface area contributed by atoms with Crippen LogP contribution in [-0.2, 0) is 51.4 Å². The van der Waals surface area contributed by atoms with Gasteiger partial charge >= 0.3 is 5.97 Å². The van der Waals surface area contributed by atoms with E-state index in [4.69, 9.17) is 4.74 Å². The smallest absolute Gasteiger partial charge is 0.310 e. The standard InChI is InChI=1S/C29H43NO4/c1-17(2)9-21-13-22(10-18(3)4)26(25(12-20(7)8)24(21)11-19(5)6)16-34-28(32)15-23-14-27(31)30-29(23)33/h13-14,17-20H,9-12,15-16H2,1-8H3,(H,30,31,33). The minimum absolute atomic E-state index is 0.160. The fourth-order valence-electron chi connectivity index (χ4n) is 4.64. The van der Waals surface area contributed by atoms with Gasteiger partial charge in [-0.2, -0.15) is 0 Å². The molecule has 5 heteroatoms. The molecule has 0 saturated carbocycles. The number of carbonyl (C=O) groups excluding carboxylic acids is 3. The lowest BCUT2D eigenvalue weighted by Crippen LogP contribution is -2.23. The predicted octanol–water partition coefficient (Wildman–Crippen LogP) is 5.50. The summed E-state index contributed by atoms with van der Waals surface area (Å²) >= 11 is 0. The van der Waals surface area contributed by atoms with E-state index < -0.39 is 17.8 Å². The van der Waals surface area contributed by atoms with Crippen LogP contribution in [0.5, 0.6) is 0 Å². The molecule has 2 amide bonds. The van der Waals surface area contributed by atoms with Gasteiger partial charge in [-0.25, -0.2) is 0 Å². The van der Waals surface area contributed by atoms with E-state index in [1.807, 2.05) is 0 Å². The average Bonchev–Trinajstić information content (AvgIpc) is 2.99. The number of carbonyl (C=O) groups is 3. The number of hydrogen-bond donors (Lipinski definition) is 1. The molecule has 0 unspecified atom stereocenters. The Kier molecular flexibility index (Phi) is 10.1. The van der Waals surface area contributed by atoms with Crippen molar-refractivity contribution in [2.75, 3.05) is 0 Å². The highest BCUT2D eigenvalue weighted by Crippen LogP contribution is 2.32. The molecule has 188 valence electrons. The van der Waals surface area contributed by atoms with E-state index in [1.165, 1.54) is 28.3 Å². The summed E-state index contributed by atoms with van der Waals surface area (Å²) in [6.07, 6.45) is 4.89. The monoisotopic (exact) mass is 469 g/mol. The molecule has 0 radical (unpaired) electrons. The molecular weight excluding hydrogens is 426 g/mol. The second kappa shape index (κ2) is 12.3. The zero-order valence-corrected chi connectivity index (χ0v) is 22.3. The highest BCUT2D eigenvalue weighted by molar-refractivity contribution is 6.17. The summed E-state index contributed by atoms with van der Waals surface area (Å²) in [7, 11) is 0. The first kappa shape index (κ1) is 27.8. The van der Waals surface area contributed by atoms with Crippen LogP contribution >= 0.6 is 0 Å². The van der Waals surface area contributed by atoms with E-state index in [0.717, 1.165) is 31.2 Å². The molecule has 34 heavy (non-hydrogen) atoms. The van der Waals surface area contributed by atoms with Gasteiger partial charge in [0.1, 0.15) is 6.61 Å². The molecule has 2 rings (SSSR count). The molecule has 0 bridgehead atoms. The van der Waals surface area contributed by atoms with Crippen molar-refractivity contribution in [3.05, 3.63) is 45.5 Å². The first-order valence-corrected chi connectivity index (χ1v) is 12.7. The fourth-order valence-corrected chi connectivity index (χ4v) is 4.64. The maximum atomic E-state index is 12.6. The number of rotatable bonds is 12. The van der Waals surface area contributed by atoms with Gasteiger partial charge in [-0.15, -0.1) is 0 Å². The molecule has 0 aliphatic carbocycles. The van der Waals surface area contributed by atoms with E-state index in [0.29, 0.717) is 23.7 Å². The normalized spacial score (nSPS) is 13.9. The molecule has 1 aliphatic rings. The third kappa shape index (κ3) is 8.11. The predicted molar refractivity (Wildman–Crippen MR) is 136 cm³/mol. The fraction of sp³-hybridized carbons (Fsp3) is 0.621. The van der Waals surface area contributed by atoms with Crippen LogP contribution in [0.4, 0.5) is 0 Å². The Morgan fingerprint density at radius 3 is 1.74 bits per heavy atom. The Balaban J connectivity index is 2.48. The second-order valence-electron chi connectivity index (χ2n) is 11.3. The van der Waals surface area contributed by atoms with Crippen molar-refractivity contribution in [3.63, 3.8) is 0 Å². The van der Waals surface area contributed by atoms with Crippen LogP contribution in [0.25, 0.3) is 0 Å². The summed E-state index contributed by atoms with van der Waals surface area (Å²) in [5.41, 5.74) is 6.72. The van der Waals surface area contributed by atoms with Crippen LogP contribution < -0.4 is 5.32 Å². The van der Waals surface area contributed by atoms with Crippen LogP contribution in [0.3, 0.4) is 0 Å². The lowest BCUT2D eigenvalue weighted by molar-refractivity contribution is -0.144. The quantitative estimate of drug-likeness (QED) is 0.324. The summed E-state index contributed by atoms with van der Waals surface area (Å²) in [6.45, 7) is 18.1. The van der Waals surface area contributed by atoms with Crippen molar-refractivity contribution in [2.45, 2.75) is 94.1 Å². The number of amides is 2. The Hall–Kier alpha value is -2.43. The van der Waals surface area contributed by atoms with Crippen molar-refractivity contribution in [1.82, 2.24) is 5.32 Å². The van der Waals surface area contributed by atoms with Crippen molar-refractivity contribution < 1.29 is 19.1 Å². The van der Waals surface area contributed by atoms with Crippen LogP contribution in [0.1, 0.15) is 89.6 Å². The molecule has 1 aliphatic heterocycles. The van der Waals surface area contributed by atoms with Crippen LogP contribution in [0.2, 0.25) is 0 Å². The van der Waals surface area contributed by atoms with Gasteiger partial charge in [0.15, 0.2) is 0 Å². The number of ether oxygens (including phenoxy) is 1. The van der Waals surface area contributed by atoms with Crippen molar-refractivity contribution in [1.29, 1.82) is 0 Å². The summed E-state index contributed by atoms with van der Waals surface area (Å²) in [5, 5.41) is 2.18. The largest absolute Gasteiger partial charge is 0.461 e. The molecule has 0 fully saturated rings. The van der Waals surface area contributed by atoms with Crippen molar-refractivity contribution >= 4 is 17.8 Å². The van der Waals surface area contributed by atoms with Crippen molar-refractivity contribution in [3.8, 4) is 0 Å². The van der Waals surface area contributed by atoms with E-state index in [9.17, 15) is 14.4 Å². The van der Waals surface area contributed by atoms with E-state index in [1.54, 1.807) is 0 Å². The maximum absolute atomic E-state index is 12.6. The summed E-state index contributed by atoms with van der Waals surface area (Å²) in [5.74, 6) is 0.544. The van der Waals surface area contributed by atoms with Gasteiger partial charge in [0.2, 0.25) is 0 Å². The number of esters is 1. The Bertz CT molecular complexity index is 938. The molecular formula is C29H43NO4. The molecule has 0 atom stereocenters. The number of benzene rings is 1. The highest BCUT2D eigenvalue weighted by Gasteiger charge is 2.25. The van der Waals surface area contributed by atoms with Crippen LogP contribution in [-0.4, -0.2) is 17.8 Å². The average molecular weight is 470 g/mol. The molecule has 1 aromatic carbocycles. The van der Waals surface area contributed by atoms with Gasteiger partial charge < -0.3 is 4.74 Å². The van der Waals surface area contributed by atoms with Gasteiger partial charge in [-0.1, -0.05) is 61.5 Å². The van der Waals surface area contributed by atoms with Gasteiger partial charge in [-0.3, -0.25) is 19.7 Å². The minimum atomic E-state index is -0.514. The summed E-state index contributed by atoms with van der Waals surface area (Å²) < 4.78 is 5.73. The van der Waals surface area contributed by atoms with E-state index in [2.05, 4.69) is 66.8 Å². The first-order valence-electron chi connectivity index (χ1n) is 12.7. The van der Waals surface area contributed by atoms with E-state index in [-0.39, 0.29) is 18.6 Å². The Labute approximate surface area is 205 Å². The molecule has 1 heterocycles. The number of nitrogens with one attached hydrogen (secondary N) is 1. The molecule has 5 nitrogen and oxygen atoms in total. The number of imide groups is 1. The van der Waals surface area contributed by atoms with Gasteiger partial charge in [0.05, 0.1) is 6.42 Å². The SMILES string of the molecule is CC(C)Cc1cc(CC(C)C)c(CC(C)C)c(CC(C)C)c1COC(=O)CC1=CC(=O)NC1=O. The maximum Gasteiger partial charge on any atom is 0.310 e.